The van der Waals surface area contributed by atoms with Crippen LogP contribution in [0.1, 0.15) is 31.7 Å². The third-order valence-corrected chi connectivity index (χ3v) is 3.56. The topological polar surface area (TPSA) is 38.5 Å². The molecule has 1 aliphatic heterocycles. The Kier molecular flexibility index (Phi) is 5.83. The molecule has 2 unspecified atom stereocenters. The molecule has 106 valence electrons. The molecular formula is C16H26N2O. The Morgan fingerprint density at radius 2 is 2.11 bits per heavy atom. The summed E-state index contributed by atoms with van der Waals surface area (Å²) in [6.07, 6.45) is 4.04. The Morgan fingerprint density at radius 3 is 2.84 bits per heavy atom. The van der Waals surface area contributed by atoms with Crippen molar-refractivity contribution in [2.45, 2.75) is 44.9 Å². The van der Waals surface area contributed by atoms with Gasteiger partial charge in [0.15, 0.2) is 0 Å². The second-order valence-corrected chi connectivity index (χ2v) is 5.65. The van der Waals surface area contributed by atoms with E-state index in [0.717, 1.165) is 19.5 Å². The number of hydrogen-bond acceptors (Lipinski definition) is 3. The van der Waals surface area contributed by atoms with E-state index in [-0.39, 0.29) is 6.04 Å². The summed E-state index contributed by atoms with van der Waals surface area (Å²) in [4.78, 5) is 2.51. The van der Waals surface area contributed by atoms with Crippen LogP contribution in [0.25, 0.3) is 0 Å². The zero-order valence-corrected chi connectivity index (χ0v) is 11.9. The van der Waals surface area contributed by atoms with Gasteiger partial charge in [0, 0.05) is 19.1 Å². The van der Waals surface area contributed by atoms with Crippen molar-refractivity contribution in [1.82, 2.24) is 4.90 Å². The Hall–Kier alpha value is -0.900. The molecule has 1 aliphatic rings. The van der Waals surface area contributed by atoms with Crippen LogP contribution in [0.15, 0.2) is 30.3 Å². The summed E-state index contributed by atoms with van der Waals surface area (Å²) in [6.45, 7) is 5.90. The molecule has 0 bridgehead atoms. The van der Waals surface area contributed by atoms with Gasteiger partial charge < -0.3 is 10.5 Å². The third kappa shape index (κ3) is 5.31. The number of hydrogen-bond donors (Lipinski definition) is 1. The highest BCUT2D eigenvalue weighted by Crippen LogP contribution is 2.16. The molecule has 3 heteroatoms. The molecule has 0 amide bonds. The van der Waals surface area contributed by atoms with E-state index < -0.39 is 0 Å². The van der Waals surface area contributed by atoms with Crippen molar-refractivity contribution in [1.29, 1.82) is 0 Å². The molecule has 0 saturated carbocycles. The fourth-order valence-corrected chi connectivity index (χ4v) is 2.59. The first kappa shape index (κ1) is 14.5. The lowest BCUT2D eigenvalue weighted by Gasteiger charge is -2.25. The number of benzene rings is 1. The molecule has 0 radical (unpaired) electrons. The van der Waals surface area contributed by atoms with Gasteiger partial charge in [-0.1, -0.05) is 30.3 Å². The van der Waals surface area contributed by atoms with Crippen LogP contribution in [0.5, 0.6) is 0 Å². The Morgan fingerprint density at radius 1 is 1.32 bits per heavy atom. The van der Waals surface area contributed by atoms with Crippen LogP contribution < -0.4 is 5.73 Å². The molecule has 1 aromatic carbocycles. The Bertz CT molecular complexity index is 353. The summed E-state index contributed by atoms with van der Waals surface area (Å²) in [5.41, 5.74) is 7.15. The average Bonchev–Trinajstić information content (AvgIpc) is 2.63. The summed E-state index contributed by atoms with van der Waals surface area (Å²) in [7, 11) is 0. The van der Waals surface area contributed by atoms with Crippen molar-refractivity contribution in [3.63, 3.8) is 0 Å². The van der Waals surface area contributed by atoms with Crippen LogP contribution in [-0.2, 0) is 11.3 Å². The van der Waals surface area contributed by atoms with Crippen molar-refractivity contribution in [3.8, 4) is 0 Å². The molecule has 19 heavy (non-hydrogen) atoms. The van der Waals surface area contributed by atoms with E-state index in [2.05, 4.69) is 35.2 Å². The van der Waals surface area contributed by atoms with Gasteiger partial charge in [0.25, 0.3) is 0 Å². The highest BCUT2D eigenvalue weighted by molar-refractivity contribution is 5.14. The standard InChI is InChI=1S/C16H26N2O/c1-14(17)13-19-16-9-5-6-10-18(12-16)11-15-7-3-2-4-8-15/h2-4,7-8,14,16H,5-6,9-13,17H2,1H3. The lowest BCUT2D eigenvalue weighted by Crippen LogP contribution is -2.34. The van der Waals surface area contributed by atoms with E-state index in [9.17, 15) is 0 Å². The minimum absolute atomic E-state index is 0.130. The highest BCUT2D eigenvalue weighted by Gasteiger charge is 2.19. The number of rotatable bonds is 5. The maximum atomic E-state index is 5.93. The van der Waals surface area contributed by atoms with E-state index in [1.54, 1.807) is 0 Å². The van der Waals surface area contributed by atoms with Gasteiger partial charge in [0.1, 0.15) is 0 Å². The molecule has 1 aromatic rings. The maximum Gasteiger partial charge on any atom is 0.0702 e. The molecule has 0 aromatic heterocycles. The zero-order valence-electron chi connectivity index (χ0n) is 11.9. The number of nitrogens with zero attached hydrogens (tertiary/aromatic N) is 1. The predicted molar refractivity (Wildman–Crippen MR) is 79.0 cm³/mol. The normalized spacial score (nSPS) is 22.9. The third-order valence-electron chi connectivity index (χ3n) is 3.56. The van der Waals surface area contributed by atoms with E-state index in [4.69, 9.17) is 10.5 Å². The summed E-state index contributed by atoms with van der Waals surface area (Å²) in [5.74, 6) is 0. The zero-order chi connectivity index (χ0) is 13.5. The van der Waals surface area contributed by atoms with E-state index in [0.29, 0.717) is 12.7 Å². The van der Waals surface area contributed by atoms with Gasteiger partial charge in [-0.25, -0.2) is 0 Å². The van der Waals surface area contributed by atoms with Gasteiger partial charge in [-0.15, -0.1) is 0 Å². The monoisotopic (exact) mass is 262 g/mol. The molecule has 2 rings (SSSR count). The first-order valence-electron chi connectivity index (χ1n) is 7.37. The number of ether oxygens (including phenoxy) is 1. The van der Waals surface area contributed by atoms with Gasteiger partial charge in [-0.05, 0) is 38.3 Å². The molecule has 1 fully saturated rings. The average molecular weight is 262 g/mol. The smallest absolute Gasteiger partial charge is 0.0702 e. The molecule has 2 N–H and O–H groups in total. The molecule has 2 atom stereocenters. The second kappa shape index (κ2) is 7.63. The van der Waals surface area contributed by atoms with Crippen LogP contribution in [0.4, 0.5) is 0 Å². The predicted octanol–water partition coefficient (Wildman–Crippen LogP) is 2.40. The highest BCUT2D eigenvalue weighted by atomic mass is 16.5. The summed E-state index contributed by atoms with van der Waals surface area (Å²) < 4.78 is 5.93. The minimum atomic E-state index is 0.130. The molecule has 1 saturated heterocycles. The quantitative estimate of drug-likeness (QED) is 0.885. The van der Waals surface area contributed by atoms with E-state index in [1.807, 2.05) is 6.92 Å². The van der Waals surface area contributed by atoms with Gasteiger partial charge in [-0.2, -0.15) is 0 Å². The first-order chi connectivity index (χ1) is 9.24. The van der Waals surface area contributed by atoms with E-state index >= 15 is 0 Å². The van der Waals surface area contributed by atoms with Crippen molar-refractivity contribution >= 4 is 0 Å². The summed E-state index contributed by atoms with van der Waals surface area (Å²) >= 11 is 0. The lowest BCUT2D eigenvalue weighted by atomic mass is 10.2. The molecular weight excluding hydrogens is 236 g/mol. The molecule has 3 nitrogen and oxygen atoms in total. The van der Waals surface area contributed by atoms with Crippen LogP contribution in [0.3, 0.4) is 0 Å². The maximum absolute atomic E-state index is 5.93. The van der Waals surface area contributed by atoms with Gasteiger partial charge in [0.05, 0.1) is 12.7 Å². The fourth-order valence-electron chi connectivity index (χ4n) is 2.59. The van der Waals surface area contributed by atoms with Gasteiger partial charge >= 0.3 is 0 Å². The second-order valence-electron chi connectivity index (χ2n) is 5.65. The van der Waals surface area contributed by atoms with E-state index in [1.165, 1.54) is 24.9 Å². The lowest BCUT2D eigenvalue weighted by molar-refractivity contribution is 0.0223. The van der Waals surface area contributed by atoms with Crippen molar-refractivity contribution < 1.29 is 4.74 Å². The SMILES string of the molecule is CC(N)COC1CCCCN(Cc2ccccc2)C1. The van der Waals surface area contributed by atoms with Gasteiger partial charge in [-0.3, -0.25) is 4.90 Å². The Balaban J connectivity index is 1.85. The molecule has 1 heterocycles. The minimum Gasteiger partial charge on any atom is -0.375 e. The first-order valence-corrected chi connectivity index (χ1v) is 7.37. The van der Waals surface area contributed by atoms with Crippen molar-refractivity contribution in [2.24, 2.45) is 5.73 Å². The van der Waals surface area contributed by atoms with Crippen molar-refractivity contribution in [3.05, 3.63) is 35.9 Å². The molecule has 0 spiro atoms. The largest absolute Gasteiger partial charge is 0.375 e. The number of likely N-dealkylation sites (tertiary alicyclic amines) is 1. The van der Waals surface area contributed by atoms with Crippen molar-refractivity contribution in [2.75, 3.05) is 19.7 Å². The van der Waals surface area contributed by atoms with Crippen LogP contribution in [0, 0.1) is 0 Å². The number of nitrogens with two attached hydrogens (primary N) is 1. The fraction of sp³-hybridized carbons (Fsp3) is 0.625. The summed E-state index contributed by atoms with van der Waals surface area (Å²) in [6, 6.07) is 10.8. The van der Waals surface area contributed by atoms with Gasteiger partial charge in [0.2, 0.25) is 0 Å². The molecule has 0 aliphatic carbocycles. The van der Waals surface area contributed by atoms with Crippen LogP contribution in [-0.4, -0.2) is 36.7 Å². The van der Waals surface area contributed by atoms with Crippen LogP contribution >= 0.6 is 0 Å². The van der Waals surface area contributed by atoms with Crippen LogP contribution in [0.2, 0.25) is 0 Å². The Labute approximate surface area is 116 Å². The summed E-state index contributed by atoms with van der Waals surface area (Å²) in [5, 5.41) is 0.